The monoisotopic (exact) mass is 283 g/mol. The van der Waals surface area contributed by atoms with E-state index in [1.165, 1.54) is 4.90 Å². The minimum absolute atomic E-state index is 0.261. The van der Waals surface area contributed by atoms with E-state index in [4.69, 9.17) is 4.74 Å². The van der Waals surface area contributed by atoms with Gasteiger partial charge in [-0.25, -0.2) is 4.90 Å². The smallest absolute Gasteiger partial charge is 0.262 e. The molecule has 2 aliphatic heterocycles. The number of hydrogen-bond donors (Lipinski definition) is 1. The third-order valence-electron chi connectivity index (χ3n) is 3.95. The van der Waals surface area contributed by atoms with Crippen molar-refractivity contribution in [1.82, 2.24) is 10.2 Å². The van der Waals surface area contributed by atoms with Gasteiger partial charge in [0.05, 0.1) is 11.4 Å². The van der Waals surface area contributed by atoms with Crippen LogP contribution in [0.25, 0.3) is 11.3 Å². The molecule has 3 heterocycles. The number of ether oxygens (including phenoxy) is 1. The molecule has 2 aliphatic rings. The molecule has 2 amide bonds. The third kappa shape index (κ3) is 1.87. The first-order valence-corrected chi connectivity index (χ1v) is 6.87. The number of carbonyl (C=O) groups is 2. The van der Waals surface area contributed by atoms with E-state index in [-0.39, 0.29) is 11.8 Å². The summed E-state index contributed by atoms with van der Waals surface area (Å²) in [5.74, 6) is -0.522. The number of imide groups is 1. The van der Waals surface area contributed by atoms with E-state index in [0.29, 0.717) is 18.5 Å². The van der Waals surface area contributed by atoms with Gasteiger partial charge >= 0.3 is 0 Å². The number of H-pyrrole nitrogens is 1. The highest BCUT2D eigenvalue weighted by atomic mass is 16.5. The van der Waals surface area contributed by atoms with E-state index < -0.39 is 12.2 Å². The maximum absolute atomic E-state index is 12.3. The van der Waals surface area contributed by atoms with Crippen molar-refractivity contribution in [1.29, 1.82) is 0 Å². The summed E-state index contributed by atoms with van der Waals surface area (Å²) in [4.78, 5) is 25.8. The molecule has 6 heteroatoms. The standard InChI is InChI=1S/C15H13N3O3/c19-14-12-5-6-13(21-12)15(20)18(14)10-3-1-9(2-4-10)11-7-8-16-17-11/h1-4,7-8,12-13H,5-6H2,(H,16,17). The lowest BCUT2D eigenvalue weighted by Gasteiger charge is -2.29. The molecule has 1 aromatic heterocycles. The lowest BCUT2D eigenvalue weighted by molar-refractivity contribution is -0.146. The Morgan fingerprint density at radius 1 is 1.05 bits per heavy atom. The van der Waals surface area contributed by atoms with Crippen molar-refractivity contribution in [3.8, 4) is 11.3 Å². The summed E-state index contributed by atoms with van der Waals surface area (Å²) >= 11 is 0. The van der Waals surface area contributed by atoms with E-state index in [2.05, 4.69) is 10.2 Å². The van der Waals surface area contributed by atoms with Crippen molar-refractivity contribution in [3.63, 3.8) is 0 Å². The minimum Gasteiger partial charge on any atom is -0.355 e. The van der Waals surface area contributed by atoms with Crippen LogP contribution in [-0.4, -0.2) is 34.2 Å². The van der Waals surface area contributed by atoms with Crippen LogP contribution in [0.2, 0.25) is 0 Å². The van der Waals surface area contributed by atoms with Crippen molar-refractivity contribution in [2.24, 2.45) is 0 Å². The third-order valence-corrected chi connectivity index (χ3v) is 3.95. The zero-order valence-corrected chi connectivity index (χ0v) is 11.2. The van der Waals surface area contributed by atoms with Crippen LogP contribution in [0.1, 0.15) is 12.8 Å². The van der Waals surface area contributed by atoms with Gasteiger partial charge < -0.3 is 4.74 Å². The average Bonchev–Trinajstić information content (AvgIpc) is 3.17. The summed E-state index contributed by atoms with van der Waals surface area (Å²) in [5.41, 5.74) is 2.43. The molecule has 106 valence electrons. The molecular formula is C15H13N3O3. The highest BCUT2D eigenvalue weighted by Gasteiger charge is 2.47. The number of rotatable bonds is 2. The lowest BCUT2D eigenvalue weighted by Crippen LogP contribution is -2.52. The number of morpholine rings is 1. The first kappa shape index (κ1) is 12.3. The quantitative estimate of drug-likeness (QED) is 0.847. The Bertz CT molecular complexity index is 671. The first-order valence-electron chi connectivity index (χ1n) is 6.87. The number of carbonyl (C=O) groups excluding carboxylic acids is 2. The predicted octanol–water partition coefficient (Wildman–Crippen LogP) is 1.50. The van der Waals surface area contributed by atoms with Crippen LogP contribution >= 0.6 is 0 Å². The molecule has 2 atom stereocenters. The summed E-state index contributed by atoms with van der Waals surface area (Å²) in [6, 6.07) is 9.13. The molecule has 2 unspecified atom stereocenters. The Morgan fingerprint density at radius 2 is 1.71 bits per heavy atom. The molecule has 0 spiro atoms. The Balaban J connectivity index is 1.67. The van der Waals surface area contributed by atoms with Gasteiger partial charge in [-0.3, -0.25) is 14.7 Å². The van der Waals surface area contributed by atoms with Gasteiger partial charge in [0.1, 0.15) is 12.2 Å². The van der Waals surface area contributed by atoms with E-state index >= 15 is 0 Å². The van der Waals surface area contributed by atoms with Gasteiger partial charge in [-0.1, -0.05) is 12.1 Å². The molecule has 4 rings (SSSR count). The number of anilines is 1. The fourth-order valence-electron chi connectivity index (χ4n) is 2.86. The van der Waals surface area contributed by atoms with Crippen LogP contribution in [0.3, 0.4) is 0 Å². The average molecular weight is 283 g/mol. The molecule has 2 saturated heterocycles. The summed E-state index contributed by atoms with van der Waals surface area (Å²) < 4.78 is 5.40. The summed E-state index contributed by atoms with van der Waals surface area (Å²) in [6.07, 6.45) is 1.98. The second-order valence-corrected chi connectivity index (χ2v) is 5.22. The van der Waals surface area contributed by atoms with Crippen LogP contribution in [-0.2, 0) is 14.3 Å². The van der Waals surface area contributed by atoms with Gasteiger partial charge in [0.2, 0.25) is 0 Å². The van der Waals surface area contributed by atoms with E-state index in [1.54, 1.807) is 18.3 Å². The van der Waals surface area contributed by atoms with Gasteiger partial charge in [0, 0.05) is 6.20 Å². The molecule has 0 saturated carbocycles. The fourth-order valence-corrected chi connectivity index (χ4v) is 2.86. The largest absolute Gasteiger partial charge is 0.355 e. The molecule has 2 aromatic rings. The number of amides is 2. The maximum atomic E-state index is 12.3. The molecule has 2 fully saturated rings. The molecule has 21 heavy (non-hydrogen) atoms. The first-order chi connectivity index (χ1) is 10.2. The summed E-state index contributed by atoms with van der Waals surface area (Å²) in [7, 11) is 0. The molecule has 1 aromatic carbocycles. The van der Waals surface area contributed by atoms with Crippen molar-refractivity contribution in [2.45, 2.75) is 25.0 Å². The van der Waals surface area contributed by atoms with Gasteiger partial charge in [-0.15, -0.1) is 0 Å². The number of nitrogens with zero attached hydrogens (tertiary/aromatic N) is 2. The fraction of sp³-hybridized carbons (Fsp3) is 0.267. The Kier molecular flexibility index (Phi) is 2.65. The Labute approximate surface area is 120 Å². The SMILES string of the molecule is O=C1C2CCC(O2)C(=O)N1c1ccc(-c2ccn[nH]2)cc1. The highest BCUT2D eigenvalue weighted by molar-refractivity contribution is 6.19. The van der Waals surface area contributed by atoms with Crippen LogP contribution in [0, 0.1) is 0 Å². The highest BCUT2D eigenvalue weighted by Crippen LogP contribution is 2.32. The van der Waals surface area contributed by atoms with E-state index in [1.807, 2.05) is 18.2 Å². The van der Waals surface area contributed by atoms with Gasteiger partial charge in [-0.05, 0) is 36.6 Å². The molecule has 2 bridgehead atoms. The molecule has 0 aliphatic carbocycles. The van der Waals surface area contributed by atoms with Crippen molar-refractivity contribution >= 4 is 17.5 Å². The minimum atomic E-state index is -0.472. The van der Waals surface area contributed by atoms with Crippen LogP contribution < -0.4 is 4.90 Å². The summed E-state index contributed by atoms with van der Waals surface area (Å²) in [5, 5.41) is 6.78. The van der Waals surface area contributed by atoms with Crippen molar-refractivity contribution in [3.05, 3.63) is 36.5 Å². The number of nitrogens with one attached hydrogen (secondary N) is 1. The number of aromatic nitrogens is 2. The van der Waals surface area contributed by atoms with E-state index in [9.17, 15) is 9.59 Å². The molecule has 1 N–H and O–H groups in total. The Morgan fingerprint density at radius 3 is 2.29 bits per heavy atom. The molecule has 0 radical (unpaired) electrons. The molecular weight excluding hydrogens is 270 g/mol. The Hall–Kier alpha value is -2.47. The maximum Gasteiger partial charge on any atom is 0.262 e. The van der Waals surface area contributed by atoms with Crippen LogP contribution in [0.15, 0.2) is 36.5 Å². The van der Waals surface area contributed by atoms with Crippen LogP contribution in [0.5, 0.6) is 0 Å². The summed E-state index contributed by atoms with van der Waals surface area (Å²) in [6.45, 7) is 0. The van der Waals surface area contributed by atoms with Crippen LogP contribution in [0.4, 0.5) is 5.69 Å². The van der Waals surface area contributed by atoms with Gasteiger partial charge in [0.15, 0.2) is 0 Å². The topological polar surface area (TPSA) is 75.3 Å². The second kappa shape index (κ2) is 4.53. The lowest BCUT2D eigenvalue weighted by atomic mass is 10.1. The zero-order valence-electron chi connectivity index (χ0n) is 11.2. The van der Waals surface area contributed by atoms with Crippen molar-refractivity contribution < 1.29 is 14.3 Å². The zero-order chi connectivity index (χ0) is 14.4. The number of aromatic amines is 1. The van der Waals surface area contributed by atoms with E-state index in [0.717, 1.165) is 11.3 Å². The second-order valence-electron chi connectivity index (χ2n) is 5.22. The van der Waals surface area contributed by atoms with Gasteiger partial charge in [0.25, 0.3) is 11.8 Å². The number of fused-ring (bicyclic) bond motifs is 2. The number of hydrogen-bond acceptors (Lipinski definition) is 4. The predicted molar refractivity (Wildman–Crippen MR) is 74.4 cm³/mol. The molecule has 6 nitrogen and oxygen atoms in total. The number of benzene rings is 1. The van der Waals surface area contributed by atoms with Crippen molar-refractivity contribution in [2.75, 3.05) is 4.90 Å². The van der Waals surface area contributed by atoms with Gasteiger partial charge in [-0.2, -0.15) is 5.10 Å². The normalized spacial score (nSPS) is 24.7.